The van der Waals surface area contributed by atoms with Gasteiger partial charge in [0, 0.05) is 0 Å². The summed E-state index contributed by atoms with van der Waals surface area (Å²) in [5.74, 6) is 5.21. The molecule has 1 aromatic carbocycles. The molecule has 0 aliphatic heterocycles. The molecule has 0 aromatic heterocycles. The average molecular weight is 151 g/mol. The number of nitrogen functional groups attached to an aromatic ring is 2. The SMILES string of the molecule is CCc1ccc(NN)c(N)c1. The van der Waals surface area contributed by atoms with Crippen molar-refractivity contribution in [2.75, 3.05) is 11.2 Å². The van der Waals surface area contributed by atoms with Gasteiger partial charge in [-0.3, -0.25) is 5.84 Å². The van der Waals surface area contributed by atoms with Gasteiger partial charge in [-0.1, -0.05) is 13.0 Å². The first-order chi connectivity index (χ1) is 5.27. The van der Waals surface area contributed by atoms with Crippen LogP contribution in [-0.2, 0) is 6.42 Å². The van der Waals surface area contributed by atoms with Crippen LogP contribution < -0.4 is 17.0 Å². The Morgan fingerprint density at radius 2 is 2.18 bits per heavy atom. The molecular weight excluding hydrogens is 138 g/mol. The highest BCUT2D eigenvalue weighted by molar-refractivity contribution is 5.66. The maximum Gasteiger partial charge on any atom is 0.0716 e. The maximum absolute atomic E-state index is 5.66. The summed E-state index contributed by atoms with van der Waals surface area (Å²) in [5.41, 5.74) is 10.9. The molecule has 0 fully saturated rings. The third-order valence-electron chi connectivity index (χ3n) is 1.68. The van der Waals surface area contributed by atoms with Crippen molar-refractivity contribution in [2.45, 2.75) is 13.3 Å². The lowest BCUT2D eigenvalue weighted by Gasteiger charge is -2.05. The molecule has 0 radical (unpaired) electrons. The van der Waals surface area contributed by atoms with Crippen LogP contribution in [0.5, 0.6) is 0 Å². The fraction of sp³-hybridized carbons (Fsp3) is 0.250. The van der Waals surface area contributed by atoms with Crippen molar-refractivity contribution >= 4 is 11.4 Å². The molecule has 3 heteroatoms. The van der Waals surface area contributed by atoms with Gasteiger partial charge in [0.2, 0.25) is 0 Å². The van der Waals surface area contributed by atoms with E-state index in [1.54, 1.807) is 0 Å². The monoisotopic (exact) mass is 151 g/mol. The van der Waals surface area contributed by atoms with Crippen LogP contribution >= 0.6 is 0 Å². The number of hydrazine groups is 1. The average Bonchev–Trinajstić information content (AvgIpc) is 2.04. The number of hydrogen-bond acceptors (Lipinski definition) is 3. The largest absolute Gasteiger partial charge is 0.397 e. The maximum atomic E-state index is 5.66. The third kappa shape index (κ3) is 1.62. The van der Waals surface area contributed by atoms with Crippen molar-refractivity contribution in [3.63, 3.8) is 0 Å². The Morgan fingerprint density at radius 1 is 1.45 bits per heavy atom. The van der Waals surface area contributed by atoms with Gasteiger partial charge in [-0.05, 0) is 24.1 Å². The molecule has 1 aromatic rings. The number of hydrogen-bond donors (Lipinski definition) is 3. The molecule has 0 aliphatic rings. The normalized spacial score (nSPS) is 9.64. The molecule has 11 heavy (non-hydrogen) atoms. The number of nitrogens with two attached hydrogens (primary N) is 2. The highest BCUT2D eigenvalue weighted by atomic mass is 15.2. The van der Waals surface area contributed by atoms with Crippen LogP contribution in [0.15, 0.2) is 18.2 Å². The second-order valence-electron chi connectivity index (χ2n) is 2.42. The van der Waals surface area contributed by atoms with E-state index in [-0.39, 0.29) is 0 Å². The topological polar surface area (TPSA) is 64.1 Å². The first kappa shape index (κ1) is 7.88. The molecule has 0 saturated heterocycles. The van der Waals surface area contributed by atoms with Crippen molar-refractivity contribution < 1.29 is 0 Å². The van der Waals surface area contributed by atoms with E-state index in [4.69, 9.17) is 11.6 Å². The highest BCUT2D eigenvalue weighted by Crippen LogP contribution is 2.18. The lowest BCUT2D eigenvalue weighted by molar-refractivity contribution is 1.14. The van der Waals surface area contributed by atoms with E-state index in [0.717, 1.165) is 12.1 Å². The van der Waals surface area contributed by atoms with Gasteiger partial charge < -0.3 is 11.2 Å². The molecule has 60 valence electrons. The Kier molecular flexibility index (Phi) is 2.33. The van der Waals surface area contributed by atoms with Crippen LogP contribution in [0.2, 0.25) is 0 Å². The van der Waals surface area contributed by atoms with E-state index >= 15 is 0 Å². The summed E-state index contributed by atoms with van der Waals surface area (Å²) in [6.07, 6.45) is 0.995. The number of nitrogens with one attached hydrogen (secondary N) is 1. The first-order valence-electron chi connectivity index (χ1n) is 3.63. The van der Waals surface area contributed by atoms with Crippen LogP contribution in [0.25, 0.3) is 0 Å². The zero-order valence-electron chi connectivity index (χ0n) is 6.59. The van der Waals surface area contributed by atoms with Crippen molar-refractivity contribution in [2.24, 2.45) is 5.84 Å². The van der Waals surface area contributed by atoms with Gasteiger partial charge in [0.1, 0.15) is 0 Å². The Morgan fingerprint density at radius 3 is 2.64 bits per heavy atom. The second-order valence-corrected chi connectivity index (χ2v) is 2.42. The van der Waals surface area contributed by atoms with E-state index < -0.39 is 0 Å². The lowest BCUT2D eigenvalue weighted by atomic mass is 10.1. The molecule has 5 N–H and O–H groups in total. The van der Waals surface area contributed by atoms with E-state index in [2.05, 4.69) is 12.3 Å². The minimum atomic E-state index is 0.701. The first-order valence-corrected chi connectivity index (χ1v) is 3.63. The van der Waals surface area contributed by atoms with Gasteiger partial charge in [-0.25, -0.2) is 0 Å². The molecule has 0 aliphatic carbocycles. The zero-order chi connectivity index (χ0) is 8.27. The standard InChI is InChI=1S/C8H13N3/c1-2-6-3-4-8(11-10)7(9)5-6/h3-5,11H,2,9-10H2,1H3. The minimum Gasteiger partial charge on any atom is -0.397 e. The highest BCUT2D eigenvalue weighted by Gasteiger charge is 1.96. The van der Waals surface area contributed by atoms with Gasteiger partial charge in [0.05, 0.1) is 11.4 Å². The Bertz CT molecular complexity index is 245. The molecule has 0 saturated carbocycles. The van der Waals surface area contributed by atoms with E-state index in [0.29, 0.717) is 5.69 Å². The summed E-state index contributed by atoms with van der Waals surface area (Å²) in [7, 11) is 0. The molecule has 1 rings (SSSR count). The predicted molar refractivity (Wildman–Crippen MR) is 48.0 cm³/mol. The summed E-state index contributed by atoms with van der Waals surface area (Å²) in [6.45, 7) is 2.09. The Hall–Kier alpha value is -1.22. The molecule has 0 heterocycles. The molecule has 0 spiro atoms. The molecule has 0 bridgehead atoms. The summed E-state index contributed by atoms with van der Waals surface area (Å²) in [6, 6.07) is 5.81. The minimum absolute atomic E-state index is 0.701. The molecule has 0 unspecified atom stereocenters. The van der Waals surface area contributed by atoms with E-state index in [1.165, 1.54) is 5.56 Å². The molecular formula is C8H13N3. The number of rotatable bonds is 2. The third-order valence-corrected chi connectivity index (χ3v) is 1.68. The predicted octanol–water partition coefficient (Wildman–Crippen LogP) is 1.12. The number of aryl methyl sites for hydroxylation is 1. The van der Waals surface area contributed by atoms with E-state index in [1.807, 2.05) is 18.2 Å². The number of benzene rings is 1. The molecule has 0 amide bonds. The van der Waals surface area contributed by atoms with Crippen molar-refractivity contribution in [1.29, 1.82) is 0 Å². The lowest BCUT2D eigenvalue weighted by Crippen LogP contribution is -2.09. The Balaban J connectivity index is 2.99. The number of anilines is 2. The summed E-state index contributed by atoms with van der Waals surface area (Å²) >= 11 is 0. The van der Waals surface area contributed by atoms with Crippen molar-refractivity contribution in [3.8, 4) is 0 Å². The van der Waals surface area contributed by atoms with Gasteiger partial charge in [-0.2, -0.15) is 0 Å². The Labute approximate surface area is 66.4 Å². The quantitative estimate of drug-likeness (QED) is 0.337. The second kappa shape index (κ2) is 3.25. The van der Waals surface area contributed by atoms with Gasteiger partial charge in [0.15, 0.2) is 0 Å². The van der Waals surface area contributed by atoms with Crippen LogP contribution in [-0.4, -0.2) is 0 Å². The van der Waals surface area contributed by atoms with Crippen LogP contribution in [0, 0.1) is 0 Å². The van der Waals surface area contributed by atoms with Gasteiger partial charge in [-0.15, -0.1) is 0 Å². The molecule has 0 atom stereocenters. The van der Waals surface area contributed by atoms with Crippen LogP contribution in [0.3, 0.4) is 0 Å². The fourth-order valence-corrected chi connectivity index (χ4v) is 0.964. The van der Waals surface area contributed by atoms with Crippen LogP contribution in [0.1, 0.15) is 12.5 Å². The summed E-state index contributed by atoms with van der Waals surface area (Å²) in [5, 5.41) is 0. The summed E-state index contributed by atoms with van der Waals surface area (Å²) < 4.78 is 0. The fourth-order valence-electron chi connectivity index (χ4n) is 0.964. The van der Waals surface area contributed by atoms with Gasteiger partial charge in [0.25, 0.3) is 0 Å². The van der Waals surface area contributed by atoms with E-state index in [9.17, 15) is 0 Å². The molecule has 3 nitrogen and oxygen atoms in total. The summed E-state index contributed by atoms with van der Waals surface area (Å²) in [4.78, 5) is 0. The van der Waals surface area contributed by atoms with Crippen molar-refractivity contribution in [1.82, 2.24) is 0 Å². The van der Waals surface area contributed by atoms with Crippen molar-refractivity contribution in [3.05, 3.63) is 23.8 Å². The zero-order valence-corrected chi connectivity index (χ0v) is 6.59. The smallest absolute Gasteiger partial charge is 0.0716 e. The van der Waals surface area contributed by atoms with Gasteiger partial charge >= 0.3 is 0 Å². The van der Waals surface area contributed by atoms with Crippen LogP contribution in [0.4, 0.5) is 11.4 Å².